The average molecular weight is 282 g/mol. The van der Waals surface area contributed by atoms with Crippen molar-refractivity contribution in [2.75, 3.05) is 0 Å². The Balaban J connectivity index is 1.72. The van der Waals surface area contributed by atoms with Gasteiger partial charge in [0.1, 0.15) is 5.75 Å². The lowest BCUT2D eigenvalue weighted by molar-refractivity contribution is 0.0541. The van der Waals surface area contributed by atoms with Crippen molar-refractivity contribution in [3.63, 3.8) is 0 Å². The van der Waals surface area contributed by atoms with Crippen molar-refractivity contribution in [3.8, 4) is 5.75 Å². The van der Waals surface area contributed by atoms with Crippen LogP contribution in [0.25, 0.3) is 6.08 Å². The van der Waals surface area contributed by atoms with Crippen LogP contribution < -0.4 is 0 Å². The minimum atomic E-state index is 0.393. The number of hydrogen-bond acceptors (Lipinski definition) is 1. The second-order valence-electron chi connectivity index (χ2n) is 7.69. The van der Waals surface area contributed by atoms with Gasteiger partial charge in [-0.25, -0.2) is 0 Å². The summed E-state index contributed by atoms with van der Waals surface area (Å²) in [4.78, 5) is 0. The van der Waals surface area contributed by atoms with Crippen molar-refractivity contribution in [3.05, 3.63) is 35.4 Å². The molecule has 2 saturated carbocycles. The monoisotopic (exact) mass is 282 g/mol. The van der Waals surface area contributed by atoms with Crippen LogP contribution in [0.1, 0.15) is 63.0 Å². The first-order valence-corrected chi connectivity index (χ1v) is 8.64. The van der Waals surface area contributed by atoms with E-state index in [4.69, 9.17) is 0 Å². The van der Waals surface area contributed by atoms with Gasteiger partial charge >= 0.3 is 0 Å². The third-order valence-electron chi connectivity index (χ3n) is 6.99. The third-order valence-corrected chi connectivity index (χ3v) is 6.99. The largest absolute Gasteiger partial charge is 0.508 e. The summed E-state index contributed by atoms with van der Waals surface area (Å²) < 4.78 is 0. The zero-order valence-electron chi connectivity index (χ0n) is 13.2. The lowest BCUT2D eigenvalue weighted by Gasteiger charge is -2.49. The molecule has 0 radical (unpaired) electrons. The van der Waals surface area contributed by atoms with E-state index in [1.165, 1.54) is 43.2 Å². The molecule has 0 bridgehead atoms. The van der Waals surface area contributed by atoms with E-state index >= 15 is 0 Å². The Kier molecular flexibility index (Phi) is 2.96. The number of phenols is 1. The number of rotatable bonds is 1. The molecule has 3 aliphatic rings. The second kappa shape index (κ2) is 4.63. The molecule has 5 atom stereocenters. The minimum Gasteiger partial charge on any atom is -0.508 e. The summed E-state index contributed by atoms with van der Waals surface area (Å²) in [7, 11) is 0. The van der Waals surface area contributed by atoms with Crippen LogP contribution in [-0.2, 0) is 0 Å². The van der Waals surface area contributed by atoms with E-state index < -0.39 is 0 Å². The molecule has 3 aliphatic carbocycles. The van der Waals surface area contributed by atoms with E-state index in [1.54, 1.807) is 0 Å². The molecule has 5 unspecified atom stereocenters. The predicted octanol–water partition coefficient (Wildman–Crippen LogP) is 5.36. The molecule has 1 aromatic rings. The fraction of sp³-hybridized carbons (Fsp3) is 0.600. The van der Waals surface area contributed by atoms with Crippen LogP contribution in [0.15, 0.2) is 24.3 Å². The summed E-state index contributed by atoms with van der Waals surface area (Å²) in [6, 6.07) is 5.96. The van der Waals surface area contributed by atoms with Crippen molar-refractivity contribution in [2.45, 2.75) is 51.9 Å². The zero-order chi connectivity index (χ0) is 14.6. The van der Waals surface area contributed by atoms with E-state index in [-0.39, 0.29) is 0 Å². The molecular weight excluding hydrogens is 256 g/mol. The molecule has 0 aliphatic heterocycles. The summed E-state index contributed by atoms with van der Waals surface area (Å²) in [5.74, 6) is 3.58. The van der Waals surface area contributed by atoms with E-state index in [2.05, 4.69) is 32.1 Å². The summed E-state index contributed by atoms with van der Waals surface area (Å²) in [6.07, 6.45) is 11.6. The van der Waals surface area contributed by atoms with Gasteiger partial charge < -0.3 is 5.11 Å². The highest BCUT2D eigenvalue weighted by molar-refractivity contribution is 5.60. The standard InChI is InChI=1S/C20H26O/c1-3-14-5-9-19-18-7-4-13-12-15(21)6-8-16(13)17(18)10-11-20(14,19)2/h4,6-8,12,14,17-19,21H,3,5,9-11H2,1-2H3. The summed E-state index contributed by atoms with van der Waals surface area (Å²) in [6.45, 7) is 4.94. The van der Waals surface area contributed by atoms with Crippen LogP contribution in [0.5, 0.6) is 5.75 Å². The first-order valence-electron chi connectivity index (χ1n) is 8.64. The van der Waals surface area contributed by atoms with Gasteiger partial charge in [-0.3, -0.25) is 0 Å². The highest BCUT2D eigenvalue weighted by Crippen LogP contribution is 2.62. The van der Waals surface area contributed by atoms with Crippen molar-refractivity contribution in [1.82, 2.24) is 0 Å². The smallest absolute Gasteiger partial charge is 0.116 e. The van der Waals surface area contributed by atoms with E-state index in [0.717, 1.165) is 17.8 Å². The Hall–Kier alpha value is -1.24. The average Bonchev–Trinajstić information content (AvgIpc) is 2.83. The molecule has 112 valence electrons. The molecule has 21 heavy (non-hydrogen) atoms. The van der Waals surface area contributed by atoms with Crippen LogP contribution >= 0.6 is 0 Å². The molecule has 4 rings (SSSR count). The Bertz CT molecular complexity index is 588. The molecule has 1 aromatic carbocycles. The molecule has 0 heterocycles. The number of aromatic hydroxyl groups is 1. The SMILES string of the molecule is CCC1CCC2C3C=Cc4cc(O)ccc4C3CCC12C. The number of fused-ring (bicyclic) bond motifs is 5. The van der Waals surface area contributed by atoms with Gasteiger partial charge in [-0.2, -0.15) is 0 Å². The van der Waals surface area contributed by atoms with Gasteiger partial charge in [0.2, 0.25) is 0 Å². The maximum atomic E-state index is 9.71. The fourth-order valence-corrected chi connectivity index (χ4v) is 5.86. The molecule has 0 saturated heterocycles. The van der Waals surface area contributed by atoms with Crippen molar-refractivity contribution < 1.29 is 5.11 Å². The normalized spacial score (nSPS) is 40.5. The number of hydrogen-bond donors (Lipinski definition) is 1. The van der Waals surface area contributed by atoms with E-state index in [0.29, 0.717) is 17.1 Å². The first kappa shape index (κ1) is 13.4. The quantitative estimate of drug-likeness (QED) is 0.735. The Morgan fingerprint density at radius 1 is 1.24 bits per heavy atom. The molecule has 1 N–H and O–H groups in total. The number of allylic oxidation sites excluding steroid dienone is 1. The van der Waals surface area contributed by atoms with E-state index in [1.807, 2.05) is 12.1 Å². The highest BCUT2D eigenvalue weighted by atomic mass is 16.3. The lowest BCUT2D eigenvalue weighted by atomic mass is 9.55. The number of benzene rings is 1. The summed E-state index contributed by atoms with van der Waals surface area (Å²) in [5.41, 5.74) is 3.28. The topological polar surface area (TPSA) is 20.2 Å². The van der Waals surface area contributed by atoms with Crippen LogP contribution in [-0.4, -0.2) is 5.11 Å². The Morgan fingerprint density at radius 2 is 2.10 bits per heavy atom. The summed E-state index contributed by atoms with van der Waals surface area (Å²) in [5, 5.41) is 9.71. The molecule has 0 aromatic heterocycles. The molecule has 1 heteroatoms. The molecular formula is C20H26O. The van der Waals surface area contributed by atoms with Crippen molar-refractivity contribution >= 4 is 6.08 Å². The molecule has 0 amide bonds. The maximum absolute atomic E-state index is 9.71. The van der Waals surface area contributed by atoms with Crippen LogP contribution in [0.2, 0.25) is 0 Å². The fourth-order valence-electron chi connectivity index (χ4n) is 5.86. The number of phenolic OH excluding ortho intramolecular Hbond substituents is 1. The van der Waals surface area contributed by atoms with Gasteiger partial charge in [-0.1, -0.05) is 38.5 Å². The maximum Gasteiger partial charge on any atom is 0.116 e. The molecule has 1 nitrogen and oxygen atoms in total. The van der Waals surface area contributed by atoms with Gasteiger partial charge in [0.15, 0.2) is 0 Å². The zero-order valence-corrected chi connectivity index (χ0v) is 13.2. The van der Waals surface area contributed by atoms with Gasteiger partial charge in [-0.05, 0) is 78.0 Å². The van der Waals surface area contributed by atoms with Crippen LogP contribution in [0, 0.1) is 23.2 Å². The van der Waals surface area contributed by atoms with Crippen molar-refractivity contribution in [2.24, 2.45) is 23.2 Å². The van der Waals surface area contributed by atoms with Gasteiger partial charge in [0.05, 0.1) is 0 Å². The first-order chi connectivity index (χ1) is 10.1. The third kappa shape index (κ3) is 1.82. The minimum absolute atomic E-state index is 0.393. The summed E-state index contributed by atoms with van der Waals surface area (Å²) >= 11 is 0. The lowest BCUT2D eigenvalue weighted by Crippen LogP contribution is -2.40. The van der Waals surface area contributed by atoms with Crippen molar-refractivity contribution in [1.29, 1.82) is 0 Å². The Labute approximate surface area is 128 Å². The molecule has 2 fully saturated rings. The highest BCUT2D eigenvalue weighted by Gasteiger charge is 2.53. The van der Waals surface area contributed by atoms with Gasteiger partial charge in [0.25, 0.3) is 0 Å². The second-order valence-corrected chi connectivity index (χ2v) is 7.69. The Morgan fingerprint density at radius 3 is 2.90 bits per heavy atom. The molecule has 0 spiro atoms. The van der Waals surface area contributed by atoms with Crippen LogP contribution in [0.3, 0.4) is 0 Å². The van der Waals surface area contributed by atoms with Gasteiger partial charge in [0, 0.05) is 0 Å². The van der Waals surface area contributed by atoms with Gasteiger partial charge in [-0.15, -0.1) is 0 Å². The van der Waals surface area contributed by atoms with E-state index in [9.17, 15) is 5.11 Å². The van der Waals surface area contributed by atoms with Crippen LogP contribution in [0.4, 0.5) is 0 Å². The predicted molar refractivity (Wildman–Crippen MR) is 87.2 cm³/mol.